The van der Waals surface area contributed by atoms with Gasteiger partial charge in [0, 0.05) is 19.5 Å². The van der Waals surface area contributed by atoms with Gasteiger partial charge in [0.25, 0.3) is 0 Å². The number of unbranched alkanes of at least 4 members (excludes halogenated alkanes) is 2. The fourth-order valence-electron chi connectivity index (χ4n) is 2.26. The van der Waals surface area contributed by atoms with Crippen molar-refractivity contribution in [3.05, 3.63) is 0 Å². The number of likely N-dealkylation sites (N-methyl/N-ethyl adjacent to an activating group) is 1. The third-order valence-electron chi connectivity index (χ3n) is 3.94. The molecular weight excluding hydrogens is 396 g/mol. The van der Waals surface area contributed by atoms with Gasteiger partial charge in [0.1, 0.15) is 12.6 Å². The summed E-state index contributed by atoms with van der Waals surface area (Å²) in [6, 6.07) is -1.22. The van der Waals surface area contributed by atoms with Gasteiger partial charge in [-0.2, -0.15) is 0 Å². The maximum Gasteiger partial charge on any atom is 0.326 e. The number of hydrogen-bond acceptors (Lipinski definition) is 7. The third kappa shape index (κ3) is 16.7. The molecule has 0 fully saturated rings. The van der Waals surface area contributed by atoms with E-state index in [0.717, 1.165) is 19.3 Å². The number of ether oxygens (including phenoxy) is 2. The maximum absolute atomic E-state index is 11.8. The summed E-state index contributed by atoms with van der Waals surface area (Å²) in [4.78, 5) is 46.5. The average molecular weight is 433 g/mol. The van der Waals surface area contributed by atoms with E-state index in [1.807, 2.05) is 0 Å². The lowest BCUT2D eigenvalue weighted by Crippen LogP contribution is -2.43. The molecule has 11 heteroatoms. The summed E-state index contributed by atoms with van der Waals surface area (Å²) in [6.45, 7) is 3.91. The highest BCUT2D eigenvalue weighted by molar-refractivity contribution is 5.86. The number of carboxylic acid groups (broad SMARTS) is 1. The lowest BCUT2D eigenvalue weighted by Gasteiger charge is -2.14. The summed E-state index contributed by atoms with van der Waals surface area (Å²) < 4.78 is 10.3. The van der Waals surface area contributed by atoms with Gasteiger partial charge in [0.05, 0.1) is 26.4 Å². The highest BCUT2D eigenvalue weighted by atomic mass is 16.5. The van der Waals surface area contributed by atoms with E-state index in [0.29, 0.717) is 26.3 Å². The molecule has 0 saturated carbocycles. The highest BCUT2D eigenvalue weighted by Gasteiger charge is 2.21. The quantitative estimate of drug-likeness (QED) is 0.163. The molecule has 0 aliphatic carbocycles. The molecule has 0 aromatic carbocycles. The molecular formula is C19H36N4O7. The van der Waals surface area contributed by atoms with Crippen LogP contribution in [0.2, 0.25) is 0 Å². The van der Waals surface area contributed by atoms with Crippen molar-refractivity contribution >= 4 is 23.7 Å². The number of nitrogens with one attached hydrogen (secondary N) is 4. The minimum atomic E-state index is -1.25. The molecule has 0 aliphatic rings. The molecule has 0 aromatic heterocycles. The topological polar surface area (TPSA) is 155 Å². The van der Waals surface area contributed by atoms with Crippen LogP contribution in [0.5, 0.6) is 0 Å². The van der Waals surface area contributed by atoms with Crippen molar-refractivity contribution in [2.45, 2.75) is 45.1 Å². The summed E-state index contributed by atoms with van der Waals surface area (Å²) in [6.07, 6.45) is 2.71. The molecule has 0 spiro atoms. The first-order valence-electron chi connectivity index (χ1n) is 10.3. The minimum absolute atomic E-state index is 0.0991. The van der Waals surface area contributed by atoms with E-state index in [2.05, 4.69) is 28.2 Å². The average Bonchev–Trinajstić information content (AvgIpc) is 2.71. The zero-order valence-electron chi connectivity index (χ0n) is 18.0. The second-order valence-electron chi connectivity index (χ2n) is 6.60. The lowest BCUT2D eigenvalue weighted by atomic mass is 10.1. The van der Waals surface area contributed by atoms with E-state index in [1.54, 1.807) is 7.05 Å². The summed E-state index contributed by atoms with van der Waals surface area (Å²) >= 11 is 0. The second-order valence-corrected chi connectivity index (χ2v) is 6.60. The number of amides is 3. The van der Waals surface area contributed by atoms with Gasteiger partial charge in [-0.15, -0.1) is 0 Å². The molecule has 5 N–H and O–H groups in total. The van der Waals surface area contributed by atoms with E-state index >= 15 is 0 Å². The Kier molecular flexibility index (Phi) is 17.4. The summed E-state index contributed by atoms with van der Waals surface area (Å²) in [5, 5.41) is 19.6. The Labute approximate surface area is 177 Å². The summed E-state index contributed by atoms with van der Waals surface area (Å²) in [5.41, 5.74) is 0. The van der Waals surface area contributed by atoms with Crippen molar-refractivity contribution in [3.8, 4) is 0 Å². The van der Waals surface area contributed by atoms with E-state index in [4.69, 9.17) is 9.47 Å². The normalized spacial score (nSPS) is 11.5. The van der Waals surface area contributed by atoms with E-state index in [-0.39, 0.29) is 38.5 Å². The van der Waals surface area contributed by atoms with Crippen molar-refractivity contribution in [3.63, 3.8) is 0 Å². The number of aliphatic carboxylic acids is 1. The number of carbonyl (C=O) groups is 4. The van der Waals surface area contributed by atoms with Crippen molar-refractivity contribution in [1.82, 2.24) is 21.3 Å². The molecule has 3 amide bonds. The Hall–Kier alpha value is -2.24. The van der Waals surface area contributed by atoms with E-state index in [1.165, 1.54) is 0 Å². The van der Waals surface area contributed by atoms with Crippen molar-refractivity contribution in [2.24, 2.45) is 0 Å². The largest absolute Gasteiger partial charge is 0.480 e. The van der Waals surface area contributed by atoms with Gasteiger partial charge in [-0.1, -0.05) is 19.8 Å². The highest BCUT2D eigenvalue weighted by Crippen LogP contribution is 1.99. The van der Waals surface area contributed by atoms with Crippen LogP contribution in [0.1, 0.15) is 39.0 Å². The van der Waals surface area contributed by atoms with Gasteiger partial charge in [0.15, 0.2) is 0 Å². The predicted molar refractivity (Wildman–Crippen MR) is 110 cm³/mol. The Morgan fingerprint density at radius 1 is 0.900 bits per heavy atom. The van der Waals surface area contributed by atoms with Gasteiger partial charge in [0.2, 0.25) is 17.7 Å². The van der Waals surface area contributed by atoms with Crippen LogP contribution >= 0.6 is 0 Å². The SMILES string of the molecule is CCCCCNC(=O)CNC(=O)CCC(NC(=O)COCCOCCNC)C(=O)O. The maximum atomic E-state index is 11.8. The molecule has 11 nitrogen and oxygen atoms in total. The zero-order chi connectivity index (χ0) is 22.6. The molecule has 0 radical (unpaired) electrons. The molecule has 1 unspecified atom stereocenters. The van der Waals surface area contributed by atoms with Crippen LogP contribution in [0, 0.1) is 0 Å². The first kappa shape index (κ1) is 27.8. The Morgan fingerprint density at radius 3 is 2.30 bits per heavy atom. The van der Waals surface area contributed by atoms with Crippen LogP contribution in [-0.2, 0) is 28.7 Å². The van der Waals surface area contributed by atoms with E-state index < -0.39 is 23.8 Å². The Balaban J connectivity index is 3.99. The van der Waals surface area contributed by atoms with Crippen LogP contribution in [-0.4, -0.2) is 87.9 Å². The van der Waals surface area contributed by atoms with Gasteiger partial charge < -0.3 is 35.8 Å². The number of hydrogen-bond donors (Lipinski definition) is 5. The van der Waals surface area contributed by atoms with Crippen LogP contribution in [0.15, 0.2) is 0 Å². The fraction of sp³-hybridized carbons (Fsp3) is 0.789. The van der Waals surface area contributed by atoms with Crippen LogP contribution < -0.4 is 21.3 Å². The van der Waals surface area contributed by atoms with Gasteiger partial charge in [-0.25, -0.2) is 4.79 Å². The molecule has 0 aromatic rings. The third-order valence-corrected chi connectivity index (χ3v) is 3.94. The number of carbonyl (C=O) groups excluding carboxylic acids is 3. The van der Waals surface area contributed by atoms with Gasteiger partial charge in [-0.05, 0) is 19.9 Å². The van der Waals surface area contributed by atoms with Crippen LogP contribution in [0.25, 0.3) is 0 Å². The van der Waals surface area contributed by atoms with Crippen LogP contribution in [0.3, 0.4) is 0 Å². The molecule has 0 rings (SSSR count). The molecule has 30 heavy (non-hydrogen) atoms. The Morgan fingerprint density at radius 2 is 1.63 bits per heavy atom. The van der Waals surface area contributed by atoms with Crippen molar-refractivity contribution < 1.29 is 33.8 Å². The fourth-order valence-corrected chi connectivity index (χ4v) is 2.26. The summed E-state index contributed by atoms with van der Waals surface area (Å²) in [7, 11) is 1.80. The molecule has 0 saturated heterocycles. The minimum Gasteiger partial charge on any atom is -0.480 e. The zero-order valence-corrected chi connectivity index (χ0v) is 18.0. The first-order chi connectivity index (χ1) is 14.4. The molecule has 174 valence electrons. The predicted octanol–water partition coefficient (Wildman–Crippen LogP) is -0.989. The summed E-state index contributed by atoms with van der Waals surface area (Å²) in [5.74, 6) is -2.60. The number of carboxylic acids is 1. The molecule has 0 heterocycles. The Bertz CT molecular complexity index is 517. The molecule has 1 atom stereocenters. The van der Waals surface area contributed by atoms with Crippen molar-refractivity contribution in [2.75, 3.05) is 53.1 Å². The molecule has 0 bridgehead atoms. The lowest BCUT2D eigenvalue weighted by molar-refractivity contribution is -0.143. The second kappa shape index (κ2) is 18.8. The number of rotatable bonds is 19. The standard InChI is InChI=1S/C19H36N4O7/c1-3-4-5-8-21-17(25)13-22-16(24)7-6-15(19(27)28)23-18(26)14-30-12-11-29-10-9-20-2/h15,20H,3-14H2,1-2H3,(H,21,25)(H,22,24)(H,23,26)(H,27,28). The van der Waals surface area contributed by atoms with Crippen LogP contribution in [0.4, 0.5) is 0 Å². The van der Waals surface area contributed by atoms with Gasteiger partial charge >= 0.3 is 5.97 Å². The van der Waals surface area contributed by atoms with Gasteiger partial charge in [-0.3, -0.25) is 14.4 Å². The first-order valence-corrected chi connectivity index (χ1v) is 10.3. The smallest absolute Gasteiger partial charge is 0.326 e. The van der Waals surface area contributed by atoms with Crippen molar-refractivity contribution in [1.29, 1.82) is 0 Å². The monoisotopic (exact) mass is 432 g/mol. The molecule has 0 aliphatic heterocycles. The van der Waals surface area contributed by atoms with E-state index in [9.17, 15) is 24.3 Å².